The highest BCUT2D eigenvalue weighted by Gasteiger charge is 2.28. The lowest BCUT2D eigenvalue weighted by molar-refractivity contribution is 0.0400. The van der Waals surface area contributed by atoms with Crippen molar-refractivity contribution in [2.24, 2.45) is 5.16 Å². The van der Waals surface area contributed by atoms with Crippen molar-refractivity contribution in [2.45, 2.75) is 19.1 Å². The van der Waals surface area contributed by atoms with Crippen molar-refractivity contribution in [3.63, 3.8) is 0 Å². The van der Waals surface area contributed by atoms with Crippen LogP contribution in [0.4, 0.5) is 13.2 Å². The minimum absolute atomic E-state index is 0.0500. The second-order valence-corrected chi connectivity index (χ2v) is 7.23. The van der Waals surface area contributed by atoms with E-state index in [2.05, 4.69) is 5.16 Å². The Morgan fingerprint density at radius 1 is 0.935 bits per heavy atom. The highest BCUT2D eigenvalue weighted by atomic mass is 19.1. The molecule has 0 N–H and O–H groups in total. The van der Waals surface area contributed by atoms with Gasteiger partial charge in [0.1, 0.15) is 17.5 Å². The summed E-state index contributed by atoms with van der Waals surface area (Å²) in [5.74, 6) is -2.03. The molecule has 3 aromatic rings. The van der Waals surface area contributed by atoms with Crippen molar-refractivity contribution >= 4 is 11.6 Å². The Balaban J connectivity index is 1.53. The summed E-state index contributed by atoms with van der Waals surface area (Å²) >= 11 is 0. The molecule has 1 heterocycles. The van der Waals surface area contributed by atoms with E-state index in [1.165, 1.54) is 41.3 Å². The van der Waals surface area contributed by atoms with Crippen LogP contribution in [0.25, 0.3) is 0 Å². The van der Waals surface area contributed by atoms with Gasteiger partial charge in [-0.3, -0.25) is 4.79 Å². The summed E-state index contributed by atoms with van der Waals surface area (Å²) in [5, 5.41) is 4.05. The third-order valence-corrected chi connectivity index (χ3v) is 5.04. The third kappa shape index (κ3) is 4.77. The Hall–Kier alpha value is -3.61. The van der Waals surface area contributed by atoms with Gasteiger partial charge in [-0.05, 0) is 35.9 Å². The van der Waals surface area contributed by atoms with Gasteiger partial charge in [0.25, 0.3) is 5.91 Å². The zero-order valence-electron chi connectivity index (χ0n) is 16.5. The van der Waals surface area contributed by atoms with Gasteiger partial charge in [0.2, 0.25) is 0 Å². The topological polar surface area (TPSA) is 41.9 Å². The predicted octanol–water partition coefficient (Wildman–Crippen LogP) is 4.94. The molecule has 0 aromatic heterocycles. The maximum atomic E-state index is 14.2. The summed E-state index contributed by atoms with van der Waals surface area (Å²) in [6, 6.07) is 17.6. The van der Waals surface area contributed by atoms with Gasteiger partial charge in [-0.25, -0.2) is 13.2 Å². The molecule has 4 rings (SSSR count). The Labute approximate surface area is 177 Å². The predicted molar refractivity (Wildman–Crippen MR) is 110 cm³/mol. The summed E-state index contributed by atoms with van der Waals surface area (Å²) in [6.07, 6.45) is -0.119. The van der Waals surface area contributed by atoms with Crippen LogP contribution in [-0.2, 0) is 11.4 Å². The maximum absolute atomic E-state index is 14.2. The first kappa shape index (κ1) is 20.7. The maximum Gasteiger partial charge on any atom is 0.257 e. The molecule has 3 aromatic carbocycles. The molecular formula is C24H19F3N2O2. The fourth-order valence-electron chi connectivity index (χ4n) is 3.44. The smallest absolute Gasteiger partial charge is 0.257 e. The number of carbonyl (C=O) groups excluding carboxylic acids is 1. The second-order valence-electron chi connectivity index (χ2n) is 7.23. The van der Waals surface area contributed by atoms with Gasteiger partial charge < -0.3 is 9.74 Å². The molecule has 0 saturated carbocycles. The lowest BCUT2D eigenvalue weighted by atomic mass is 10.0. The van der Waals surface area contributed by atoms with Gasteiger partial charge >= 0.3 is 0 Å². The fraction of sp³-hybridized carbons (Fsp3) is 0.167. The van der Waals surface area contributed by atoms with Crippen LogP contribution < -0.4 is 0 Å². The van der Waals surface area contributed by atoms with Gasteiger partial charge in [0.15, 0.2) is 6.10 Å². The summed E-state index contributed by atoms with van der Waals surface area (Å²) in [7, 11) is 0. The molecule has 0 radical (unpaired) electrons. The molecule has 0 unspecified atom stereocenters. The van der Waals surface area contributed by atoms with Crippen LogP contribution in [0.1, 0.15) is 27.9 Å². The van der Waals surface area contributed by atoms with Crippen LogP contribution in [0, 0.1) is 17.5 Å². The van der Waals surface area contributed by atoms with E-state index in [1.54, 1.807) is 36.4 Å². The summed E-state index contributed by atoms with van der Waals surface area (Å²) in [6.45, 7) is 0.0290. The molecule has 0 spiro atoms. The first-order valence-corrected chi connectivity index (χ1v) is 9.77. The molecule has 1 amide bonds. The molecule has 0 aliphatic carbocycles. The van der Waals surface area contributed by atoms with E-state index in [4.69, 9.17) is 4.84 Å². The van der Waals surface area contributed by atoms with Gasteiger partial charge in [-0.15, -0.1) is 0 Å². The molecule has 1 aliphatic rings. The number of hydrogen-bond donors (Lipinski definition) is 0. The molecule has 158 valence electrons. The molecule has 1 aliphatic heterocycles. The molecule has 0 fully saturated rings. The van der Waals surface area contributed by atoms with Crippen LogP contribution >= 0.6 is 0 Å². The average Bonchev–Trinajstić information content (AvgIpc) is 3.24. The zero-order chi connectivity index (χ0) is 21.8. The standard InChI is InChI=1S/C24H19F3N2O2/c25-18-11-9-16(10-12-18)23-13-19(31-28-23)15-29(14-17-5-1-3-7-21(17)26)24(30)20-6-2-4-8-22(20)27/h1-12,19H,13-15H2/t19-/m1/s1. The van der Waals surface area contributed by atoms with E-state index in [1.807, 2.05) is 0 Å². The van der Waals surface area contributed by atoms with E-state index in [0.717, 1.165) is 0 Å². The Morgan fingerprint density at radius 3 is 2.32 bits per heavy atom. The molecule has 4 nitrogen and oxygen atoms in total. The summed E-state index contributed by atoms with van der Waals surface area (Å²) < 4.78 is 41.6. The Bertz CT molecular complexity index is 1120. The highest BCUT2D eigenvalue weighted by Crippen LogP contribution is 2.21. The second kappa shape index (κ2) is 9.04. The van der Waals surface area contributed by atoms with E-state index in [0.29, 0.717) is 23.3 Å². The van der Waals surface area contributed by atoms with Crippen molar-refractivity contribution in [2.75, 3.05) is 6.54 Å². The monoisotopic (exact) mass is 424 g/mol. The van der Waals surface area contributed by atoms with Crippen LogP contribution in [0.2, 0.25) is 0 Å². The Kier molecular flexibility index (Phi) is 6.02. The van der Waals surface area contributed by atoms with Crippen molar-refractivity contribution in [1.29, 1.82) is 0 Å². The lowest BCUT2D eigenvalue weighted by Gasteiger charge is -2.25. The van der Waals surface area contributed by atoms with Gasteiger partial charge in [0.05, 0.1) is 17.8 Å². The highest BCUT2D eigenvalue weighted by molar-refractivity contribution is 6.01. The SMILES string of the molecule is O=C(c1ccccc1F)N(Cc1ccccc1F)C[C@H]1CC(c2ccc(F)cc2)=NO1. The van der Waals surface area contributed by atoms with Crippen LogP contribution in [0.3, 0.4) is 0 Å². The van der Waals surface area contributed by atoms with Crippen molar-refractivity contribution < 1.29 is 22.8 Å². The van der Waals surface area contributed by atoms with E-state index < -0.39 is 23.6 Å². The number of carbonyl (C=O) groups is 1. The number of nitrogens with zero attached hydrogens (tertiary/aromatic N) is 2. The molecule has 0 bridgehead atoms. The van der Waals surface area contributed by atoms with Gasteiger partial charge in [-0.2, -0.15) is 0 Å². The van der Waals surface area contributed by atoms with Gasteiger partial charge in [-0.1, -0.05) is 47.6 Å². The fourth-order valence-corrected chi connectivity index (χ4v) is 3.44. The van der Waals surface area contributed by atoms with Gasteiger partial charge in [0, 0.05) is 18.5 Å². The quantitative estimate of drug-likeness (QED) is 0.563. The molecule has 1 atom stereocenters. The number of oxime groups is 1. The molecule has 0 saturated heterocycles. The zero-order valence-corrected chi connectivity index (χ0v) is 16.5. The average molecular weight is 424 g/mol. The molecule has 7 heteroatoms. The normalized spacial score (nSPS) is 15.3. The first-order valence-electron chi connectivity index (χ1n) is 9.77. The Morgan fingerprint density at radius 2 is 1.61 bits per heavy atom. The minimum atomic E-state index is -0.651. The van der Waals surface area contributed by atoms with Crippen molar-refractivity contribution in [1.82, 2.24) is 4.90 Å². The largest absolute Gasteiger partial charge is 0.390 e. The minimum Gasteiger partial charge on any atom is -0.390 e. The van der Waals surface area contributed by atoms with E-state index in [-0.39, 0.29) is 24.5 Å². The molecular weight excluding hydrogens is 405 g/mol. The number of rotatable bonds is 6. The van der Waals surface area contributed by atoms with E-state index >= 15 is 0 Å². The van der Waals surface area contributed by atoms with Crippen LogP contribution in [-0.4, -0.2) is 29.2 Å². The van der Waals surface area contributed by atoms with Crippen LogP contribution in [0.15, 0.2) is 78.0 Å². The number of hydrogen-bond acceptors (Lipinski definition) is 3. The number of halogens is 3. The van der Waals surface area contributed by atoms with Crippen LogP contribution in [0.5, 0.6) is 0 Å². The number of benzene rings is 3. The lowest BCUT2D eigenvalue weighted by Crippen LogP contribution is -2.38. The van der Waals surface area contributed by atoms with Crippen molar-refractivity contribution in [3.05, 3.63) is 107 Å². The number of amides is 1. The molecule has 31 heavy (non-hydrogen) atoms. The third-order valence-electron chi connectivity index (χ3n) is 5.04. The first-order chi connectivity index (χ1) is 15.0. The summed E-state index contributed by atoms with van der Waals surface area (Å²) in [4.78, 5) is 19.9. The summed E-state index contributed by atoms with van der Waals surface area (Å²) in [5.41, 5.74) is 1.54. The van der Waals surface area contributed by atoms with Crippen molar-refractivity contribution in [3.8, 4) is 0 Å². The van der Waals surface area contributed by atoms with E-state index in [9.17, 15) is 18.0 Å².